The van der Waals surface area contributed by atoms with Crippen LogP contribution in [-0.4, -0.2) is 28.3 Å². The molecule has 0 bridgehead atoms. The molecule has 0 aliphatic carbocycles. The molecular formula is C20H17Cl2NO2S2. The molecule has 1 fully saturated rings. The Morgan fingerprint density at radius 1 is 1.19 bits per heavy atom. The Bertz CT molecular complexity index is 877. The molecule has 0 saturated carbocycles. The monoisotopic (exact) mass is 437 g/mol. The Hall–Kier alpha value is -1.53. The number of halogens is 2. The van der Waals surface area contributed by atoms with Gasteiger partial charge in [-0.3, -0.25) is 9.69 Å². The van der Waals surface area contributed by atoms with E-state index in [1.165, 1.54) is 17.3 Å². The minimum absolute atomic E-state index is 0.0953. The van der Waals surface area contributed by atoms with Crippen LogP contribution in [0.2, 0.25) is 10.0 Å². The summed E-state index contributed by atoms with van der Waals surface area (Å²) in [5.41, 5.74) is 1.90. The zero-order valence-electron chi connectivity index (χ0n) is 14.6. The summed E-state index contributed by atoms with van der Waals surface area (Å²) in [5, 5.41) is 0.824. The van der Waals surface area contributed by atoms with Crippen LogP contribution in [0.4, 0.5) is 0 Å². The van der Waals surface area contributed by atoms with E-state index in [2.05, 4.69) is 0 Å². The number of carbonyl (C=O) groups is 1. The van der Waals surface area contributed by atoms with Gasteiger partial charge in [0.05, 0.1) is 21.6 Å². The maximum Gasteiger partial charge on any atom is 0.266 e. The number of benzene rings is 2. The van der Waals surface area contributed by atoms with Gasteiger partial charge in [0.2, 0.25) is 0 Å². The summed E-state index contributed by atoms with van der Waals surface area (Å²) >= 11 is 19.2. The minimum Gasteiger partial charge on any atom is -0.491 e. The molecule has 1 saturated heterocycles. The van der Waals surface area contributed by atoms with E-state index in [9.17, 15) is 4.79 Å². The van der Waals surface area contributed by atoms with Gasteiger partial charge in [-0.05, 0) is 42.7 Å². The van der Waals surface area contributed by atoms with Crippen molar-refractivity contribution >= 4 is 63.5 Å². The highest BCUT2D eigenvalue weighted by Gasteiger charge is 2.31. The third-order valence-electron chi connectivity index (χ3n) is 3.95. The lowest BCUT2D eigenvalue weighted by atomic mass is 10.1. The van der Waals surface area contributed by atoms with Crippen molar-refractivity contribution in [1.29, 1.82) is 0 Å². The first kappa shape index (κ1) is 20.2. The van der Waals surface area contributed by atoms with Crippen LogP contribution in [0.3, 0.4) is 0 Å². The third kappa shape index (κ3) is 4.85. The Morgan fingerprint density at radius 3 is 2.48 bits per heavy atom. The lowest BCUT2D eigenvalue weighted by Gasteiger charge is -2.14. The lowest BCUT2D eigenvalue weighted by Crippen LogP contribution is -2.30. The molecule has 27 heavy (non-hydrogen) atoms. The fourth-order valence-corrected chi connectivity index (χ4v) is 4.60. The first-order valence-corrected chi connectivity index (χ1v) is 10.4. The van der Waals surface area contributed by atoms with E-state index in [0.29, 0.717) is 38.2 Å². The molecule has 3 nitrogen and oxygen atoms in total. The van der Waals surface area contributed by atoms with Crippen LogP contribution < -0.4 is 4.74 Å². The topological polar surface area (TPSA) is 29.5 Å². The summed E-state index contributed by atoms with van der Waals surface area (Å²) in [6, 6.07) is 13.5. The number of hydrogen-bond donors (Lipinski definition) is 0. The number of nitrogens with zero attached hydrogens (tertiary/aromatic N) is 1. The van der Waals surface area contributed by atoms with Crippen LogP contribution in [0.25, 0.3) is 6.08 Å². The van der Waals surface area contributed by atoms with Crippen molar-refractivity contribution in [3.8, 4) is 5.75 Å². The molecule has 2 aromatic carbocycles. The highest BCUT2D eigenvalue weighted by molar-refractivity contribution is 8.26. The molecular weight excluding hydrogens is 421 g/mol. The van der Waals surface area contributed by atoms with E-state index >= 15 is 0 Å². The van der Waals surface area contributed by atoms with E-state index in [0.717, 1.165) is 12.0 Å². The van der Waals surface area contributed by atoms with Crippen molar-refractivity contribution in [2.24, 2.45) is 0 Å². The van der Waals surface area contributed by atoms with E-state index < -0.39 is 0 Å². The Labute approximate surface area is 178 Å². The van der Waals surface area contributed by atoms with Crippen LogP contribution >= 0.6 is 47.2 Å². The summed E-state index contributed by atoms with van der Waals surface area (Å²) in [5.74, 6) is 0.357. The highest BCUT2D eigenvalue weighted by atomic mass is 35.5. The smallest absolute Gasteiger partial charge is 0.266 e. The van der Waals surface area contributed by atoms with Gasteiger partial charge < -0.3 is 4.74 Å². The first-order chi connectivity index (χ1) is 13.0. The average Bonchev–Trinajstić information content (AvgIpc) is 2.90. The maximum atomic E-state index is 12.7. The Morgan fingerprint density at radius 2 is 1.85 bits per heavy atom. The molecule has 0 unspecified atom stereocenters. The predicted molar refractivity (Wildman–Crippen MR) is 118 cm³/mol. The van der Waals surface area contributed by atoms with E-state index in [4.69, 9.17) is 40.2 Å². The molecule has 1 heterocycles. The molecule has 1 aliphatic rings. The fraction of sp³-hybridized carbons (Fsp3) is 0.200. The molecule has 1 amide bonds. The van der Waals surface area contributed by atoms with Gasteiger partial charge in [-0.25, -0.2) is 0 Å². The quantitative estimate of drug-likeness (QED) is 0.419. The van der Waals surface area contributed by atoms with Gasteiger partial charge in [0.15, 0.2) is 5.75 Å². The van der Waals surface area contributed by atoms with Gasteiger partial charge in [-0.1, -0.05) is 77.5 Å². The molecule has 0 radical (unpaired) electrons. The second-order valence-corrected chi connectivity index (χ2v) is 8.31. The van der Waals surface area contributed by atoms with Crippen molar-refractivity contribution < 1.29 is 9.53 Å². The molecule has 2 aromatic rings. The van der Waals surface area contributed by atoms with Crippen LogP contribution in [0, 0.1) is 0 Å². The average molecular weight is 438 g/mol. The predicted octanol–water partition coefficient (Wildman–Crippen LogP) is 5.84. The Balaban J connectivity index is 1.76. The van der Waals surface area contributed by atoms with Crippen LogP contribution in [0.1, 0.15) is 18.1 Å². The maximum absolute atomic E-state index is 12.7. The molecule has 3 rings (SSSR count). The van der Waals surface area contributed by atoms with Crippen molar-refractivity contribution in [3.63, 3.8) is 0 Å². The number of rotatable bonds is 6. The summed E-state index contributed by atoms with van der Waals surface area (Å²) in [7, 11) is 0. The molecule has 0 atom stereocenters. The Kier molecular flexibility index (Phi) is 6.82. The first-order valence-electron chi connectivity index (χ1n) is 8.40. The van der Waals surface area contributed by atoms with E-state index in [-0.39, 0.29) is 5.91 Å². The van der Waals surface area contributed by atoms with Gasteiger partial charge >= 0.3 is 0 Å². The zero-order chi connectivity index (χ0) is 19.4. The van der Waals surface area contributed by atoms with Crippen molar-refractivity contribution in [1.82, 2.24) is 4.90 Å². The van der Waals surface area contributed by atoms with E-state index in [1.807, 2.05) is 37.3 Å². The van der Waals surface area contributed by atoms with E-state index in [1.54, 1.807) is 23.1 Å². The second-order valence-electron chi connectivity index (χ2n) is 5.82. The summed E-state index contributed by atoms with van der Waals surface area (Å²) < 4.78 is 6.00. The van der Waals surface area contributed by atoms with Gasteiger partial charge in [-0.15, -0.1) is 0 Å². The van der Waals surface area contributed by atoms with Gasteiger partial charge in [0.25, 0.3) is 5.91 Å². The van der Waals surface area contributed by atoms with Gasteiger partial charge in [0.1, 0.15) is 4.32 Å². The third-order valence-corrected chi connectivity index (χ3v) is 5.89. The summed E-state index contributed by atoms with van der Waals surface area (Å²) in [4.78, 5) is 14.9. The number of amides is 1. The van der Waals surface area contributed by atoms with Gasteiger partial charge in [-0.2, -0.15) is 0 Å². The molecule has 0 N–H and O–H groups in total. The highest BCUT2D eigenvalue weighted by Crippen LogP contribution is 2.37. The molecule has 0 spiro atoms. The largest absolute Gasteiger partial charge is 0.491 e. The number of carbonyl (C=O) groups excluding carboxylic acids is 1. The number of ether oxygens (including phenoxy) is 1. The number of thioether (sulfide) groups is 1. The minimum atomic E-state index is -0.0953. The molecule has 140 valence electrons. The standard InChI is InChI=1S/C20H17Cl2NO2S2/c1-2-25-18-15(21)10-14(11-16(18)22)12-17-19(24)23(20(26)27-17)9-8-13-6-4-3-5-7-13/h3-7,10-12H,2,8-9H2,1H3/b17-12-. The number of thiocarbonyl (C=S) groups is 1. The van der Waals surface area contributed by atoms with Crippen molar-refractivity contribution in [3.05, 3.63) is 68.5 Å². The summed E-state index contributed by atoms with van der Waals surface area (Å²) in [6.07, 6.45) is 2.51. The summed E-state index contributed by atoms with van der Waals surface area (Å²) in [6.45, 7) is 2.89. The van der Waals surface area contributed by atoms with Crippen LogP contribution in [-0.2, 0) is 11.2 Å². The van der Waals surface area contributed by atoms with Crippen LogP contribution in [0.15, 0.2) is 47.4 Å². The zero-order valence-corrected chi connectivity index (χ0v) is 17.7. The molecule has 1 aliphatic heterocycles. The lowest BCUT2D eigenvalue weighted by molar-refractivity contribution is -0.122. The SMILES string of the molecule is CCOc1c(Cl)cc(/C=C2\SC(=S)N(CCc3ccccc3)C2=O)cc1Cl. The molecule has 0 aromatic heterocycles. The second kappa shape index (κ2) is 9.11. The van der Waals surface area contributed by atoms with Crippen LogP contribution in [0.5, 0.6) is 5.75 Å². The fourth-order valence-electron chi connectivity index (χ4n) is 2.67. The number of hydrogen-bond acceptors (Lipinski definition) is 4. The van der Waals surface area contributed by atoms with Crippen molar-refractivity contribution in [2.45, 2.75) is 13.3 Å². The molecule has 7 heteroatoms. The van der Waals surface area contributed by atoms with Gasteiger partial charge in [0, 0.05) is 6.54 Å². The van der Waals surface area contributed by atoms with Crippen molar-refractivity contribution in [2.75, 3.05) is 13.2 Å². The normalized spacial score (nSPS) is 15.7.